The average Bonchev–Trinajstić information content (AvgIpc) is 2.97. The maximum Gasteiger partial charge on any atom is 0.185 e. The summed E-state index contributed by atoms with van der Waals surface area (Å²) in [5.41, 5.74) is 1.35. The average molecular weight is 234 g/mol. The Morgan fingerprint density at radius 1 is 0.941 bits per heavy atom. The molecule has 5 heteroatoms. The molecule has 0 fully saturated rings. The smallest absolute Gasteiger partial charge is 0.185 e. The lowest BCUT2D eigenvalue weighted by Crippen LogP contribution is -1.96. The van der Waals surface area contributed by atoms with Gasteiger partial charge in [-0.25, -0.2) is 0 Å². The van der Waals surface area contributed by atoms with Crippen LogP contribution in [0.25, 0.3) is 0 Å². The number of carbonyl (C=O) groups excluding carboxylic acids is 2. The van der Waals surface area contributed by atoms with Gasteiger partial charge in [-0.05, 0) is 12.1 Å². The summed E-state index contributed by atoms with van der Waals surface area (Å²) in [5, 5.41) is 0. The molecule has 2 aromatic heterocycles. The quantitative estimate of drug-likeness (QED) is 0.716. The molecule has 88 valence electrons. The van der Waals surface area contributed by atoms with Crippen molar-refractivity contribution in [1.29, 1.82) is 0 Å². The van der Waals surface area contributed by atoms with Gasteiger partial charge in [-0.1, -0.05) is 0 Å². The summed E-state index contributed by atoms with van der Waals surface area (Å²) in [6, 6.07) is 3.33. The predicted molar refractivity (Wildman–Crippen MR) is 56.7 cm³/mol. The Hall–Kier alpha value is -2.14. The third-order valence-corrected chi connectivity index (χ3v) is 2.29. The van der Waals surface area contributed by atoms with Crippen LogP contribution in [-0.2, 0) is 18.0 Å². The normalized spacial score (nSPS) is 10.4. The molecule has 0 atom stereocenters. The molecule has 0 aliphatic carbocycles. The van der Waals surface area contributed by atoms with E-state index in [1.807, 2.05) is 0 Å². The van der Waals surface area contributed by atoms with E-state index < -0.39 is 0 Å². The van der Waals surface area contributed by atoms with Crippen molar-refractivity contribution in [3.63, 3.8) is 0 Å². The fourth-order valence-corrected chi connectivity index (χ4v) is 1.41. The Kier molecular flexibility index (Phi) is 3.52. The third-order valence-electron chi connectivity index (χ3n) is 2.29. The summed E-state index contributed by atoms with van der Waals surface area (Å²) in [6.45, 7) is 0.488. The number of hydrogen-bond donors (Lipinski definition) is 0. The molecule has 0 radical (unpaired) electrons. The van der Waals surface area contributed by atoms with Gasteiger partial charge >= 0.3 is 0 Å². The zero-order valence-electron chi connectivity index (χ0n) is 8.92. The molecular weight excluding hydrogens is 224 g/mol. The summed E-state index contributed by atoms with van der Waals surface area (Å²) in [7, 11) is 0. The number of aldehydes is 2. The van der Waals surface area contributed by atoms with Crippen LogP contribution < -0.4 is 0 Å². The fraction of sp³-hybridized carbons (Fsp3) is 0.167. The summed E-state index contributed by atoms with van der Waals surface area (Å²) in [4.78, 5) is 21.1. The van der Waals surface area contributed by atoms with Crippen molar-refractivity contribution >= 4 is 12.6 Å². The summed E-state index contributed by atoms with van der Waals surface area (Å²) < 4.78 is 15.2. The van der Waals surface area contributed by atoms with E-state index in [0.717, 1.165) is 0 Å². The van der Waals surface area contributed by atoms with E-state index in [2.05, 4.69) is 0 Å². The highest BCUT2D eigenvalue weighted by Gasteiger charge is 2.08. The van der Waals surface area contributed by atoms with E-state index in [1.54, 1.807) is 12.1 Å². The fourth-order valence-electron chi connectivity index (χ4n) is 1.41. The molecule has 0 unspecified atom stereocenters. The number of hydrogen-bond acceptors (Lipinski definition) is 5. The van der Waals surface area contributed by atoms with Crippen LogP contribution in [0.3, 0.4) is 0 Å². The van der Waals surface area contributed by atoms with E-state index >= 15 is 0 Å². The van der Waals surface area contributed by atoms with Gasteiger partial charge < -0.3 is 13.6 Å². The molecule has 0 saturated heterocycles. The maximum absolute atomic E-state index is 10.6. The van der Waals surface area contributed by atoms with Gasteiger partial charge in [-0.3, -0.25) is 9.59 Å². The van der Waals surface area contributed by atoms with Crippen LogP contribution in [0.5, 0.6) is 0 Å². The summed E-state index contributed by atoms with van der Waals surface area (Å²) >= 11 is 0. The molecule has 17 heavy (non-hydrogen) atoms. The highest BCUT2D eigenvalue weighted by molar-refractivity contribution is 5.73. The van der Waals surface area contributed by atoms with Gasteiger partial charge in [0, 0.05) is 11.1 Å². The molecule has 0 aliphatic heterocycles. The first kappa shape index (κ1) is 11.3. The van der Waals surface area contributed by atoms with Crippen molar-refractivity contribution in [3.05, 3.63) is 47.3 Å². The lowest BCUT2D eigenvalue weighted by Gasteiger charge is -2.01. The van der Waals surface area contributed by atoms with Crippen LogP contribution in [0.4, 0.5) is 0 Å². The minimum absolute atomic E-state index is 0.244. The summed E-state index contributed by atoms with van der Waals surface area (Å²) in [6.07, 6.45) is 4.12. The molecule has 5 nitrogen and oxygen atoms in total. The molecule has 0 aliphatic rings. The van der Waals surface area contributed by atoms with Crippen molar-refractivity contribution in [2.75, 3.05) is 0 Å². The Morgan fingerprint density at radius 2 is 1.41 bits per heavy atom. The highest BCUT2D eigenvalue weighted by Crippen LogP contribution is 2.13. The molecule has 0 saturated carbocycles. The number of ether oxygens (including phenoxy) is 1. The minimum atomic E-state index is 0.244. The molecule has 0 bridgehead atoms. The molecular formula is C12H10O5. The summed E-state index contributed by atoms with van der Waals surface area (Å²) in [5.74, 6) is 0.514. The van der Waals surface area contributed by atoms with Gasteiger partial charge in [0.25, 0.3) is 0 Å². The van der Waals surface area contributed by atoms with Gasteiger partial charge in [0.15, 0.2) is 24.1 Å². The van der Waals surface area contributed by atoms with Gasteiger partial charge in [-0.2, -0.15) is 0 Å². The second-order valence-corrected chi connectivity index (χ2v) is 3.35. The van der Waals surface area contributed by atoms with E-state index in [0.29, 0.717) is 23.7 Å². The van der Waals surface area contributed by atoms with E-state index in [-0.39, 0.29) is 24.7 Å². The van der Waals surface area contributed by atoms with Crippen LogP contribution in [0.1, 0.15) is 32.2 Å². The van der Waals surface area contributed by atoms with Gasteiger partial charge in [0.1, 0.15) is 0 Å². The largest absolute Gasteiger partial charge is 0.461 e. The van der Waals surface area contributed by atoms with Crippen molar-refractivity contribution in [1.82, 2.24) is 0 Å². The highest BCUT2D eigenvalue weighted by atomic mass is 16.5. The van der Waals surface area contributed by atoms with Gasteiger partial charge in [0.2, 0.25) is 0 Å². The lowest BCUT2D eigenvalue weighted by molar-refractivity contribution is 0.0989. The van der Waals surface area contributed by atoms with E-state index in [4.69, 9.17) is 13.6 Å². The molecule has 0 spiro atoms. The van der Waals surface area contributed by atoms with E-state index in [9.17, 15) is 9.59 Å². The zero-order valence-corrected chi connectivity index (χ0v) is 8.92. The molecule has 2 heterocycles. The Balaban J connectivity index is 1.92. The van der Waals surface area contributed by atoms with Crippen molar-refractivity contribution in [3.8, 4) is 0 Å². The van der Waals surface area contributed by atoms with Crippen molar-refractivity contribution in [2.24, 2.45) is 0 Å². The van der Waals surface area contributed by atoms with Crippen LogP contribution in [-0.4, -0.2) is 12.6 Å². The SMILES string of the molecule is O=Cc1occc1COCc1ccoc1C=O. The monoisotopic (exact) mass is 234 g/mol. The lowest BCUT2D eigenvalue weighted by atomic mass is 10.2. The molecule has 0 N–H and O–H groups in total. The van der Waals surface area contributed by atoms with Gasteiger partial charge in [0.05, 0.1) is 25.7 Å². The van der Waals surface area contributed by atoms with Crippen LogP contribution in [0.15, 0.2) is 33.5 Å². The third kappa shape index (κ3) is 2.51. The second-order valence-electron chi connectivity index (χ2n) is 3.35. The van der Waals surface area contributed by atoms with Crippen LogP contribution in [0.2, 0.25) is 0 Å². The first-order chi connectivity index (χ1) is 8.35. The van der Waals surface area contributed by atoms with Crippen LogP contribution in [0, 0.1) is 0 Å². The van der Waals surface area contributed by atoms with E-state index in [1.165, 1.54) is 12.5 Å². The van der Waals surface area contributed by atoms with Gasteiger partial charge in [-0.15, -0.1) is 0 Å². The molecule has 0 amide bonds. The Bertz CT molecular complexity index is 462. The maximum atomic E-state index is 10.6. The number of carbonyl (C=O) groups is 2. The zero-order chi connectivity index (χ0) is 12.1. The molecule has 2 aromatic rings. The topological polar surface area (TPSA) is 69.7 Å². The number of furan rings is 2. The first-order valence-electron chi connectivity index (χ1n) is 4.96. The molecule has 2 rings (SSSR count). The standard InChI is InChI=1S/C12H10O5/c13-5-11-9(1-3-16-11)7-15-8-10-2-4-17-12(10)6-14/h1-6H,7-8H2. The first-order valence-corrected chi connectivity index (χ1v) is 4.96. The predicted octanol–water partition coefficient (Wildman–Crippen LogP) is 2.21. The number of rotatable bonds is 6. The van der Waals surface area contributed by atoms with Crippen LogP contribution >= 0.6 is 0 Å². The van der Waals surface area contributed by atoms with Crippen molar-refractivity contribution in [2.45, 2.75) is 13.2 Å². The minimum Gasteiger partial charge on any atom is -0.461 e. The Morgan fingerprint density at radius 3 is 1.82 bits per heavy atom. The van der Waals surface area contributed by atoms with Crippen molar-refractivity contribution < 1.29 is 23.2 Å². The second kappa shape index (κ2) is 5.27. The Labute approximate surface area is 97.0 Å². The molecule has 0 aromatic carbocycles.